The van der Waals surface area contributed by atoms with Crippen molar-refractivity contribution in [3.8, 4) is 69.0 Å². The van der Waals surface area contributed by atoms with Crippen LogP contribution in [-0.2, 0) is 39.3 Å². The molecule has 18 nitrogen and oxygen atoms in total. The van der Waals surface area contributed by atoms with Gasteiger partial charge in [-0.2, -0.15) is 13.2 Å². The summed E-state index contributed by atoms with van der Waals surface area (Å²) in [7, 11) is 12.6. The predicted octanol–water partition coefficient (Wildman–Crippen LogP) is 24.4. The highest BCUT2D eigenvalue weighted by molar-refractivity contribution is 5.61. The lowest BCUT2D eigenvalue weighted by Gasteiger charge is -2.27. The van der Waals surface area contributed by atoms with Gasteiger partial charge < -0.3 is 88.7 Å². The second-order valence-electron chi connectivity index (χ2n) is 28.6. The standard InChI is InChI=1S/C19H22FNO2.C18H20FNO2.C16H15F4NO2.C16H18FNO2.C15H15F2NO2.C15H16FNO2/c1-22-18-10-9-16(12-19(18)23-17-7-2-3-8-17)21-13-14-5-4-6-15(20)11-14;1-21-17-9-8-15(11-18(17)22-16-6-3-7-16)20-12-13-4-2-5-14(19)10-13;1-22-13-5-6-14(15(8-13)23-10-16(18,19)20)21-9-11-3-2-4-12(17)7-11;1-3-20-16-10-14(7-8-15(16)19-2)18-11-12-5-4-6-13(17)9-12;1-19-14-7-6-10(8-15(14)20-2)18-9-11-12(16)4-3-5-13(11)17;1-18-14-7-6-13(9-15(14)19-2)17-10-11-4-3-5-12(16)8-11/h4-6,9-12,17,21H,2-3,7-8,13H2,1H3;2,4-5,8-11,16,20H,3,6-7,12H2,1H3;2-8,21H,9-10H2,1H3;4-10,18H,3,11H2,1-2H3;3-8,18H,9H2,1-2H3;3-9,17H,10H2,1-2H3. The van der Waals surface area contributed by atoms with Gasteiger partial charge in [-0.3, -0.25) is 0 Å². The highest BCUT2D eigenvalue weighted by Crippen LogP contribution is 2.39. The molecule has 0 radical (unpaired) electrons. The number of hydrogen-bond acceptors (Lipinski definition) is 18. The molecule has 2 aliphatic rings. The zero-order chi connectivity index (χ0) is 90.9. The fourth-order valence-electron chi connectivity index (χ4n) is 12.8. The molecule has 0 saturated heterocycles. The Bertz CT molecular complexity index is 5360. The first-order valence-electron chi connectivity index (χ1n) is 40.9. The number of benzene rings is 12. The zero-order valence-electron chi connectivity index (χ0n) is 72.1. The molecular formula is C99H106F10N6O12. The molecule has 6 N–H and O–H groups in total. The molecule has 0 unspecified atom stereocenters. The normalized spacial score (nSPS) is 11.9. The first-order valence-corrected chi connectivity index (χ1v) is 40.9. The molecule has 12 aromatic carbocycles. The Morgan fingerprint density at radius 2 is 0.591 bits per heavy atom. The summed E-state index contributed by atoms with van der Waals surface area (Å²) in [6.07, 6.45) is 4.22. The smallest absolute Gasteiger partial charge is 0.422 e. The molecule has 0 heterocycles. The molecule has 2 fully saturated rings. The predicted molar refractivity (Wildman–Crippen MR) is 477 cm³/mol. The lowest BCUT2D eigenvalue weighted by molar-refractivity contribution is -0.153. The van der Waals surface area contributed by atoms with Crippen molar-refractivity contribution in [2.45, 2.75) is 110 Å². The highest BCUT2D eigenvalue weighted by atomic mass is 19.4. The minimum atomic E-state index is -4.44. The number of halogens is 10. The van der Waals surface area contributed by atoms with E-state index < -0.39 is 24.4 Å². The lowest BCUT2D eigenvalue weighted by Crippen LogP contribution is -2.24. The quantitative estimate of drug-likeness (QED) is 0.0209. The third-order valence-corrected chi connectivity index (χ3v) is 19.5. The Morgan fingerprint density at radius 1 is 0.283 bits per heavy atom. The molecule has 674 valence electrons. The van der Waals surface area contributed by atoms with Crippen LogP contribution < -0.4 is 88.7 Å². The molecule has 14 rings (SSSR count). The van der Waals surface area contributed by atoms with E-state index >= 15 is 0 Å². The number of ether oxygens (including phenoxy) is 12. The van der Waals surface area contributed by atoms with Crippen LogP contribution in [0.5, 0.6) is 69.0 Å². The summed E-state index contributed by atoms with van der Waals surface area (Å²) in [5.41, 5.74) is 8.93. The van der Waals surface area contributed by atoms with Crippen molar-refractivity contribution >= 4 is 34.1 Å². The van der Waals surface area contributed by atoms with E-state index in [2.05, 4.69) is 31.9 Å². The molecule has 0 aromatic heterocycles. The summed E-state index contributed by atoms with van der Waals surface area (Å²) in [4.78, 5) is 0. The van der Waals surface area contributed by atoms with Crippen molar-refractivity contribution in [3.63, 3.8) is 0 Å². The second kappa shape index (κ2) is 50.9. The van der Waals surface area contributed by atoms with Gasteiger partial charge in [0.2, 0.25) is 0 Å². The number of methoxy groups -OCH3 is 8. The molecular weight excluding hydrogens is 1660 g/mol. The SMILES string of the molecule is CCOc1cc(NCc2cccc(F)c2)ccc1OC.COc1ccc(NCc2c(F)cccc2F)cc1OC.COc1ccc(NCc2cccc(F)c2)c(OCC(F)(F)F)c1.COc1ccc(NCc2cccc(F)c2)cc1OC.COc1ccc(NCc2cccc(F)c2)cc1OC1CCC1.COc1ccc(NCc2cccc(F)c2)cc1OC1CCCC1. The van der Waals surface area contributed by atoms with Crippen LogP contribution in [0.2, 0.25) is 0 Å². The maximum absolute atomic E-state index is 13.5. The third-order valence-electron chi connectivity index (χ3n) is 19.5. The van der Waals surface area contributed by atoms with Crippen LogP contribution in [0.4, 0.5) is 78.0 Å². The van der Waals surface area contributed by atoms with E-state index in [9.17, 15) is 43.9 Å². The Balaban J connectivity index is 0.000000172. The summed E-state index contributed by atoms with van der Waals surface area (Å²) < 4.78 is 194. The minimum absolute atomic E-state index is 0.00212. The first-order chi connectivity index (χ1) is 61.5. The number of rotatable bonds is 34. The van der Waals surface area contributed by atoms with Gasteiger partial charge in [0.05, 0.1) is 81.4 Å². The summed E-state index contributed by atoms with van der Waals surface area (Å²) >= 11 is 0. The molecule has 2 saturated carbocycles. The van der Waals surface area contributed by atoms with E-state index in [-0.39, 0.29) is 59.6 Å². The maximum Gasteiger partial charge on any atom is 0.422 e. The Hall–Kier alpha value is -13.7. The molecule has 0 aliphatic heterocycles. The van der Waals surface area contributed by atoms with Crippen molar-refractivity contribution in [1.82, 2.24) is 0 Å². The number of alkyl halides is 3. The monoisotopic (exact) mass is 1760 g/mol. The van der Waals surface area contributed by atoms with E-state index in [4.69, 9.17) is 56.8 Å². The molecule has 2 aliphatic carbocycles. The van der Waals surface area contributed by atoms with Gasteiger partial charge in [0.25, 0.3) is 0 Å². The van der Waals surface area contributed by atoms with Gasteiger partial charge in [-0.15, -0.1) is 0 Å². The van der Waals surface area contributed by atoms with Crippen molar-refractivity contribution in [3.05, 3.63) is 323 Å². The van der Waals surface area contributed by atoms with Crippen LogP contribution in [0.1, 0.15) is 85.3 Å². The van der Waals surface area contributed by atoms with E-state index in [1.165, 1.54) is 118 Å². The van der Waals surface area contributed by atoms with Crippen molar-refractivity contribution in [2.24, 2.45) is 0 Å². The van der Waals surface area contributed by atoms with E-state index in [0.29, 0.717) is 96.1 Å². The second-order valence-corrected chi connectivity index (χ2v) is 28.6. The third kappa shape index (κ3) is 32.8. The lowest BCUT2D eigenvalue weighted by atomic mass is 9.96. The first kappa shape index (κ1) is 97.2. The molecule has 0 atom stereocenters. The molecule has 12 aromatic rings. The van der Waals surface area contributed by atoms with E-state index in [1.807, 2.05) is 104 Å². The fraction of sp³-hybridized carbons (Fsp3) is 0.273. The van der Waals surface area contributed by atoms with Crippen LogP contribution in [-0.4, -0.2) is 88.5 Å². The van der Waals surface area contributed by atoms with Crippen LogP contribution in [0, 0.1) is 40.7 Å². The molecule has 0 bridgehead atoms. The molecule has 28 heteroatoms. The van der Waals surface area contributed by atoms with Crippen LogP contribution in [0.15, 0.2) is 249 Å². The number of hydrogen-bond donors (Lipinski definition) is 6. The summed E-state index contributed by atoms with van der Waals surface area (Å²) in [5.74, 6) is 4.85. The van der Waals surface area contributed by atoms with Gasteiger partial charge in [-0.25, -0.2) is 30.7 Å². The Labute approximate surface area is 734 Å². The van der Waals surface area contributed by atoms with Crippen molar-refractivity contribution in [2.75, 3.05) is 102 Å². The van der Waals surface area contributed by atoms with Crippen LogP contribution in [0.25, 0.3) is 0 Å². The topological polar surface area (TPSA) is 183 Å². The van der Waals surface area contributed by atoms with Crippen molar-refractivity contribution < 1.29 is 101 Å². The van der Waals surface area contributed by atoms with Gasteiger partial charge in [0.1, 0.15) is 52.2 Å². The average molecular weight is 1760 g/mol. The summed E-state index contributed by atoms with van der Waals surface area (Å²) in [6, 6.07) is 68.4. The number of anilines is 6. The molecule has 0 spiro atoms. The van der Waals surface area contributed by atoms with Gasteiger partial charge in [0.15, 0.2) is 64.1 Å². The van der Waals surface area contributed by atoms with E-state index in [1.54, 1.807) is 109 Å². The van der Waals surface area contributed by atoms with Gasteiger partial charge >= 0.3 is 6.18 Å². The highest BCUT2D eigenvalue weighted by Gasteiger charge is 2.29. The number of nitrogens with one attached hydrogen (secondary N) is 6. The summed E-state index contributed by atoms with van der Waals surface area (Å²) in [5, 5.41) is 18.9. The van der Waals surface area contributed by atoms with Gasteiger partial charge in [-0.1, -0.05) is 66.7 Å². The Kier molecular flexibility index (Phi) is 39.0. The zero-order valence-corrected chi connectivity index (χ0v) is 72.1. The summed E-state index contributed by atoms with van der Waals surface area (Å²) in [6.45, 7) is 3.61. The van der Waals surface area contributed by atoms with Gasteiger partial charge in [0, 0.05) is 110 Å². The fourth-order valence-corrected chi connectivity index (χ4v) is 12.8. The van der Waals surface area contributed by atoms with Crippen LogP contribution in [0.3, 0.4) is 0 Å². The van der Waals surface area contributed by atoms with Crippen molar-refractivity contribution in [1.29, 1.82) is 0 Å². The Morgan fingerprint density at radius 3 is 0.906 bits per heavy atom. The molecule has 127 heavy (non-hydrogen) atoms. The largest absolute Gasteiger partial charge is 0.497 e. The average Bonchev–Trinajstić information content (AvgIpc) is 1.81. The van der Waals surface area contributed by atoms with E-state index in [0.717, 1.165) is 93.7 Å². The van der Waals surface area contributed by atoms with Crippen LogP contribution >= 0.6 is 0 Å². The molecule has 0 amide bonds. The minimum Gasteiger partial charge on any atom is -0.497 e. The maximum atomic E-state index is 13.5. The van der Waals surface area contributed by atoms with Gasteiger partial charge in [-0.05, 0) is 225 Å².